The second kappa shape index (κ2) is 12.0. The van der Waals surface area contributed by atoms with Crippen LogP contribution in [-0.4, -0.2) is 26.0 Å². The Morgan fingerprint density at radius 3 is 2.45 bits per heavy atom. The molecule has 0 atom stereocenters. The molecule has 0 spiro atoms. The van der Waals surface area contributed by atoms with E-state index in [0.717, 1.165) is 6.07 Å². The van der Waals surface area contributed by atoms with E-state index in [2.05, 4.69) is 15.5 Å². The molecule has 2 N–H and O–H groups in total. The summed E-state index contributed by atoms with van der Waals surface area (Å²) in [6.45, 7) is 1.40. The molecular weight excluding hydrogens is 564 g/mol. The average Bonchev–Trinajstić information content (AvgIpc) is 2.85. The van der Waals surface area contributed by atoms with E-state index in [0.29, 0.717) is 27.2 Å². The van der Waals surface area contributed by atoms with Crippen LogP contribution >= 0.6 is 23.2 Å². The van der Waals surface area contributed by atoms with Crippen molar-refractivity contribution >= 4 is 67.1 Å². The Balaban J connectivity index is 0.00000400. The molecule has 38 heavy (non-hydrogen) atoms. The maximum Gasteiger partial charge on any atom is 1.00 e. The molecule has 190 valence electrons. The summed E-state index contributed by atoms with van der Waals surface area (Å²) in [5, 5.41) is 25.5. The predicted molar refractivity (Wildman–Crippen MR) is 140 cm³/mol. The molecule has 0 fully saturated rings. The van der Waals surface area contributed by atoms with Gasteiger partial charge in [0, 0.05) is 22.0 Å². The van der Waals surface area contributed by atoms with Crippen LogP contribution < -0.4 is 44.7 Å². The summed E-state index contributed by atoms with van der Waals surface area (Å²) in [6.07, 6.45) is 0. The minimum absolute atomic E-state index is 0. The Morgan fingerprint density at radius 2 is 1.76 bits per heavy atom. The number of hydrogen-bond donors (Lipinski definition) is 2. The Bertz CT molecular complexity index is 1700. The number of methoxy groups -OCH3 is 1. The number of rotatable bonds is 6. The van der Waals surface area contributed by atoms with Crippen LogP contribution in [0.5, 0.6) is 11.5 Å². The topological polar surface area (TPSA) is 140 Å². The molecule has 0 aliphatic rings. The van der Waals surface area contributed by atoms with Crippen LogP contribution in [0.3, 0.4) is 0 Å². The van der Waals surface area contributed by atoms with Crippen LogP contribution in [0.2, 0.25) is 10.0 Å². The van der Waals surface area contributed by atoms with Gasteiger partial charge in [-0.25, -0.2) is 0 Å². The van der Waals surface area contributed by atoms with Gasteiger partial charge in [-0.05, 0) is 48.2 Å². The van der Waals surface area contributed by atoms with Crippen molar-refractivity contribution in [1.82, 2.24) is 0 Å². The fourth-order valence-electron chi connectivity index (χ4n) is 3.65. The van der Waals surface area contributed by atoms with Crippen molar-refractivity contribution < 1.29 is 57.2 Å². The van der Waals surface area contributed by atoms with Crippen molar-refractivity contribution in [1.29, 1.82) is 0 Å². The summed E-state index contributed by atoms with van der Waals surface area (Å²) in [5.41, 5.74) is 0.148. The van der Waals surface area contributed by atoms with Gasteiger partial charge in [-0.2, -0.15) is 13.5 Å². The molecule has 0 heterocycles. The number of azo groups is 1. The van der Waals surface area contributed by atoms with Crippen LogP contribution in [0.1, 0.15) is 15.9 Å². The molecule has 0 saturated carbocycles. The number of nitrogens with one attached hydrogen (secondary N) is 1. The largest absolute Gasteiger partial charge is 1.00 e. The van der Waals surface area contributed by atoms with Crippen LogP contribution in [0, 0.1) is 6.92 Å². The van der Waals surface area contributed by atoms with Crippen molar-refractivity contribution in [2.75, 3.05) is 12.4 Å². The van der Waals surface area contributed by atoms with Crippen LogP contribution in [-0.2, 0) is 10.1 Å². The first-order chi connectivity index (χ1) is 17.5. The molecular formula is C25H18Cl2N3NaO6S. The molecule has 0 aliphatic heterocycles. The third-order valence-electron chi connectivity index (χ3n) is 5.48. The molecule has 0 aromatic heterocycles. The molecule has 1 amide bonds. The van der Waals surface area contributed by atoms with Gasteiger partial charge < -0.3 is 15.2 Å². The first kappa shape index (κ1) is 29.9. The summed E-state index contributed by atoms with van der Waals surface area (Å²) in [6, 6.07) is 15.3. The number of nitrogens with zero attached hydrogens (tertiary/aromatic N) is 2. The molecule has 4 rings (SSSR count). The Hall–Kier alpha value is -2.70. The number of halogens is 2. The van der Waals surface area contributed by atoms with E-state index in [4.69, 9.17) is 27.9 Å². The van der Waals surface area contributed by atoms with E-state index >= 15 is 0 Å². The van der Waals surface area contributed by atoms with Gasteiger partial charge in [0.25, 0.3) is 16.0 Å². The summed E-state index contributed by atoms with van der Waals surface area (Å²) in [7, 11) is -3.07. The van der Waals surface area contributed by atoms with Gasteiger partial charge >= 0.3 is 29.6 Å². The second-order valence-electron chi connectivity index (χ2n) is 7.82. The van der Waals surface area contributed by atoms with E-state index in [9.17, 15) is 22.9 Å². The summed E-state index contributed by atoms with van der Waals surface area (Å²) < 4.78 is 37.6. The zero-order valence-corrected chi connectivity index (χ0v) is 24.6. The van der Waals surface area contributed by atoms with E-state index in [1.807, 2.05) is 0 Å². The van der Waals surface area contributed by atoms with Gasteiger partial charge in [0.2, 0.25) is 0 Å². The number of ether oxygens (including phenoxy) is 1. The molecule has 0 aliphatic carbocycles. The molecule has 0 saturated heterocycles. The number of carbonyl (C=O) groups excluding carboxylic acids is 1. The van der Waals surface area contributed by atoms with Gasteiger partial charge in [-0.1, -0.05) is 53.2 Å². The van der Waals surface area contributed by atoms with Crippen LogP contribution in [0.4, 0.5) is 17.1 Å². The zero-order chi connectivity index (χ0) is 26.9. The normalized spacial score (nSPS) is 11.4. The standard InChI is InChI=1S/C25H19Cl2N3O6S.Na/c1-13-21(37(33,34)35)10-9-19(22(13)27)29-30-23-16-6-4-3-5-14(16)11-17(24(23)31)25(32)28-18-8-7-15(26)12-20(18)36-2;/h3-12,31H,1-2H3,(H,28,32)(H,33,34,35);/q;+1/p-1. The Labute approximate surface area is 250 Å². The van der Waals surface area contributed by atoms with E-state index in [1.165, 1.54) is 32.2 Å². The third-order valence-corrected chi connectivity index (χ3v) is 7.19. The minimum atomic E-state index is -4.49. The van der Waals surface area contributed by atoms with E-state index in [-0.39, 0.29) is 62.0 Å². The maximum absolute atomic E-state index is 13.4. The quantitative estimate of drug-likeness (QED) is 0.203. The molecule has 0 bridgehead atoms. The van der Waals surface area contributed by atoms with Gasteiger partial charge in [0.05, 0.1) is 28.4 Å². The molecule has 0 unspecified atom stereocenters. The van der Waals surface area contributed by atoms with E-state index < -0.39 is 21.8 Å². The molecule has 9 nitrogen and oxygen atoms in total. The van der Waals surface area contributed by atoms with Crippen molar-refractivity contribution in [3.05, 3.63) is 81.8 Å². The van der Waals surface area contributed by atoms with Gasteiger partial charge in [0.15, 0.2) is 0 Å². The van der Waals surface area contributed by atoms with Gasteiger partial charge in [0.1, 0.15) is 11.4 Å². The number of hydrogen-bond acceptors (Lipinski definition) is 7. The van der Waals surface area contributed by atoms with Crippen molar-refractivity contribution in [3.63, 3.8) is 0 Å². The summed E-state index contributed by atoms with van der Waals surface area (Å²) in [5.74, 6) is -1.07. The maximum atomic E-state index is 13.4. The minimum Gasteiger partial charge on any atom is -0.870 e. The molecule has 13 heteroatoms. The fraction of sp³-hybridized carbons (Fsp3) is 0.0800. The van der Waals surface area contributed by atoms with E-state index in [1.54, 1.807) is 36.4 Å². The monoisotopic (exact) mass is 581 g/mol. The summed E-state index contributed by atoms with van der Waals surface area (Å²) >= 11 is 12.2. The van der Waals surface area contributed by atoms with Crippen LogP contribution in [0.25, 0.3) is 10.8 Å². The Morgan fingerprint density at radius 1 is 1.05 bits per heavy atom. The zero-order valence-electron chi connectivity index (χ0n) is 20.3. The SMILES string of the molecule is COc1cc(Cl)ccc1NC(=O)c1cc2ccccc2c(N=Nc2ccc(S(=O)(=O)O)c(C)c2Cl)c1[O-].[Na+]. The molecule has 0 radical (unpaired) electrons. The smallest absolute Gasteiger partial charge is 0.870 e. The first-order valence-corrected chi connectivity index (χ1v) is 12.8. The van der Waals surface area contributed by atoms with Crippen molar-refractivity contribution in [2.45, 2.75) is 11.8 Å². The van der Waals surface area contributed by atoms with Gasteiger partial charge in [-0.3, -0.25) is 9.35 Å². The number of benzene rings is 4. The number of fused-ring (bicyclic) bond motifs is 1. The number of anilines is 1. The fourth-order valence-corrected chi connectivity index (χ4v) is 4.80. The molecule has 4 aromatic rings. The van der Waals surface area contributed by atoms with Crippen LogP contribution in [0.15, 0.2) is 75.8 Å². The second-order valence-corrected chi connectivity index (χ2v) is 10.0. The average molecular weight is 582 g/mol. The number of amides is 1. The summed E-state index contributed by atoms with van der Waals surface area (Å²) in [4.78, 5) is 12.7. The third kappa shape index (κ3) is 6.13. The van der Waals surface area contributed by atoms with Crippen molar-refractivity contribution in [3.8, 4) is 11.5 Å². The number of carbonyl (C=O) groups is 1. The predicted octanol–water partition coefficient (Wildman–Crippen LogP) is 3.46. The van der Waals surface area contributed by atoms with Crippen molar-refractivity contribution in [2.24, 2.45) is 10.2 Å². The Kier molecular flexibility index (Phi) is 9.43. The van der Waals surface area contributed by atoms with Gasteiger partial charge in [-0.15, -0.1) is 5.11 Å². The molecule has 4 aromatic carbocycles. The first-order valence-electron chi connectivity index (χ1n) is 10.6.